The van der Waals surface area contributed by atoms with E-state index in [1.54, 1.807) is 0 Å². The monoisotopic (exact) mass is 210 g/mol. The summed E-state index contributed by atoms with van der Waals surface area (Å²) in [6, 6.07) is 0. The SMILES string of the molecule is CC(C)(C)CC(C)(O)CS(=O)(=O)O. The van der Waals surface area contributed by atoms with Crippen molar-refractivity contribution < 1.29 is 18.1 Å². The summed E-state index contributed by atoms with van der Waals surface area (Å²) >= 11 is 0. The van der Waals surface area contributed by atoms with E-state index in [0.717, 1.165) is 0 Å². The van der Waals surface area contributed by atoms with Gasteiger partial charge in [-0.1, -0.05) is 20.8 Å². The van der Waals surface area contributed by atoms with Crippen LogP contribution in [0.1, 0.15) is 34.1 Å². The standard InChI is InChI=1S/C8H18O4S/c1-7(2,3)5-8(4,9)6-13(10,11)12/h9H,5-6H2,1-4H3,(H,10,11,12). The maximum atomic E-state index is 10.5. The van der Waals surface area contributed by atoms with Gasteiger partial charge in [0.1, 0.15) is 5.75 Å². The van der Waals surface area contributed by atoms with Crippen molar-refractivity contribution in [2.45, 2.75) is 39.7 Å². The molecule has 4 nitrogen and oxygen atoms in total. The summed E-state index contributed by atoms with van der Waals surface area (Å²) in [6.07, 6.45) is 0.319. The molecule has 0 aliphatic rings. The van der Waals surface area contributed by atoms with Crippen LogP contribution in [0.4, 0.5) is 0 Å². The minimum absolute atomic E-state index is 0.172. The molecular formula is C8H18O4S. The van der Waals surface area contributed by atoms with Crippen molar-refractivity contribution in [3.63, 3.8) is 0 Å². The summed E-state index contributed by atoms with van der Waals surface area (Å²) in [6.45, 7) is 7.09. The highest BCUT2D eigenvalue weighted by molar-refractivity contribution is 7.85. The van der Waals surface area contributed by atoms with Crippen LogP contribution in [0.2, 0.25) is 0 Å². The second-order valence-electron chi connectivity index (χ2n) is 4.96. The molecular weight excluding hydrogens is 192 g/mol. The first-order chi connectivity index (χ1) is 5.41. The van der Waals surface area contributed by atoms with Crippen LogP contribution >= 0.6 is 0 Å². The molecule has 0 fully saturated rings. The van der Waals surface area contributed by atoms with E-state index in [-0.39, 0.29) is 5.41 Å². The van der Waals surface area contributed by atoms with Gasteiger partial charge in [-0.25, -0.2) is 0 Å². The number of hydrogen-bond acceptors (Lipinski definition) is 3. The normalized spacial score (nSPS) is 18.3. The molecule has 0 aliphatic carbocycles. The average molecular weight is 210 g/mol. The lowest BCUT2D eigenvalue weighted by molar-refractivity contribution is 0.0389. The van der Waals surface area contributed by atoms with Crippen LogP contribution in [0, 0.1) is 5.41 Å². The molecule has 0 rings (SSSR count). The Morgan fingerprint density at radius 1 is 1.15 bits per heavy atom. The zero-order chi connectivity index (χ0) is 10.9. The Balaban J connectivity index is 4.43. The van der Waals surface area contributed by atoms with E-state index < -0.39 is 21.5 Å². The summed E-state index contributed by atoms with van der Waals surface area (Å²) in [5, 5.41) is 9.65. The molecule has 0 aromatic carbocycles. The van der Waals surface area contributed by atoms with Gasteiger partial charge in [0, 0.05) is 0 Å². The van der Waals surface area contributed by atoms with Gasteiger partial charge in [0.05, 0.1) is 5.60 Å². The minimum Gasteiger partial charge on any atom is -0.389 e. The fraction of sp³-hybridized carbons (Fsp3) is 1.00. The van der Waals surface area contributed by atoms with Gasteiger partial charge in [0.2, 0.25) is 0 Å². The van der Waals surface area contributed by atoms with E-state index >= 15 is 0 Å². The Morgan fingerprint density at radius 3 is 1.77 bits per heavy atom. The van der Waals surface area contributed by atoms with Gasteiger partial charge in [-0.3, -0.25) is 4.55 Å². The van der Waals surface area contributed by atoms with Crippen molar-refractivity contribution in [3.05, 3.63) is 0 Å². The van der Waals surface area contributed by atoms with Crippen molar-refractivity contribution in [2.24, 2.45) is 5.41 Å². The minimum atomic E-state index is -4.10. The molecule has 0 aromatic rings. The zero-order valence-corrected chi connectivity index (χ0v) is 9.35. The Labute approximate surface area is 79.7 Å². The molecule has 0 spiro atoms. The van der Waals surface area contributed by atoms with Crippen LogP contribution in [0.5, 0.6) is 0 Å². The highest BCUT2D eigenvalue weighted by Crippen LogP contribution is 2.27. The summed E-state index contributed by atoms with van der Waals surface area (Å²) in [5.74, 6) is -0.614. The van der Waals surface area contributed by atoms with Gasteiger partial charge in [0.25, 0.3) is 10.1 Å². The molecule has 80 valence electrons. The van der Waals surface area contributed by atoms with Gasteiger partial charge in [-0.05, 0) is 18.8 Å². The van der Waals surface area contributed by atoms with E-state index in [1.165, 1.54) is 6.92 Å². The molecule has 0 heterocycles. The first-order valence-corrected chi connectivity index (χ1v) is 5.70. The maximum absolute atomic E-state index is 10.5. The van der Waals surface area contributed by atoms with Crippen molar-refractivity contribution in [1.29, 1.82) is 0 Å². The highest BCUT2D eigenvalue weighted by Gasteiger charge is 2.31. The third-order valence-corrected chi connectivity index (χ3v) is 2.39. The highest BCUT2D eigenvalue weighted by atomic mass is 32.2. The summed E-state index contributed by atoms with van der Waals surface area (Å²) in [5.41, 5.74) is -1.54. The van der Waals surface area contributed by atoms with Crippen LogP contribution in [0.3, 0.4) is 0 Å². The van der Waals surface area contributed by atoms with E-state index in [2.05, 4.69) is 0 Å². The fourth-order valence-corrected chi connectivity index (χ4v) is 2.47. The molecule has 0 aliphatic heterocycles. The lowest BCUT2D eigenvalue weighted by Gasteiger charge is -2.29. The molecule has 0 aromatic heterocycles. The molecule has 1 unspecified atom stereocenters. The smallest absolute Gasteiger partial charge is 0.267 e. The van der Waals surface area contributed by atoms with Crippen LogP contribution in [0.25, 0.3) is 0 Å². The van der Waals surface area contributed by atoms with Gasteiger partial charge >= 0.3 is 0 Å². The van der Waals surface area contributed by atoms with Gasteiger partial charge in [0.15, 0.2) is 0 Å². The van der Waals surface area contributed by atoms with E-state index in [0.29, 0.717) is 6.42 Å². The lowest BCUT2D eigenvalue weighted by atomic mass is 9.84. The summed E-state index contributed by atoms with van der Waals surface area (Å²) < 4.78 is 29.6. The Bertz CT molecular complexity index is 258. The molecule has 13 heavy (non-hydrogen) atoms. The average Bonchev–Trinajstić information content (AvgIpc) is 1.43. The molecule has 0 radical (unpaired) electrons. The van der Waals surface area contributed by atoms with Crippen molar-refractivity contribution in [2.75, 3.05) is 5.75 Å². The Morgan fingerprint density at radius 2 is 1.54 bits per heavy atom. The van der Waals surface area contributed by atoms with Crippen molar-refractivity contribution in [3.8, 4) is 0 Å². The van der Waals surface area contributed by atoms with Gasteiger partial charge in [-0.2, -0.15) is 8.42 Å². The lowest BCUT2D eigenvalue weighted by Crippen LogP contribution is -2.37. The summed E-state index contributed by atoms with van der Waals surface area (Å²) in [7, 11) is -4.10. The Kier molecular flexibility index (Phi) is 3.52. The molecule has 0 amide bonds. The number of rotatable bonds is 3. The van der Waals surface area contributed by atoms with Crippen LogP contribution in [-0.2, 0) is 10.1 Å². The van der Waals surface area contributed by atoms with Crippen LogP contribution in [-0.4, -0.2) is 29.4 Å². The van der Waals surface area contributed by atoms with Gasteiger partial charge in [-0.15, -0.1) is 0 Å². The second kappa shape index (κ2) is 3.55. The predicted octanol–water partition coefficient (Wildman–Crippen LogP) is 1.06. The molecule has 5 heteroatoms. The number of hydrogen-bond donors (Lipinski definition) is 2. The van der Waals surface area contributed by atoms with Crippen LogP contribution in [0.15, 0.2) is 0 Å². The Hall–Kier alpha value is -0.130. The third kappa shape index (κ3) is 8.21. The van der Waals surface area contributed by atoms with E-state index in [4.69, 9.17) is 4.55 Å². The number of aliphatic hydroxyl groups is 1. The maximum Gasteiger partial charge on any atom is 0.267 e. The van der Waals surface area contributed by atoms with Crippen molar-refractivity contribution >= 4 is 10.1 Å². The molecule has 2 N–H and O–H groups in total. The molecule has 1 atom stereocenters. The first-order valence-electron chi connectivity index (χ1n) is 4.09. The molecule has 0 saturated heterocycles. The first kappa shape index (κ1) is 12.9. The van der Waals surface area contributed by atoms with Crippen LogP contribution < -0.4 is 0 Å². The zero-order valence-electron chi connectivity index (χ0n) is 8.53. The van der Waals surface area contributed by atoms with E-state index in [1.807, 2.05) is 20.8 Å². The van der Waals surface area contributed by atoms with Crippen molar-refractivity contribution in [1.82, 2.24) is 0 Å². The second-order valence-corrected chi connectivity index (χ2v) is 6.41. The van der Waals surface area contributed by atoms with Gasteiger partial charge < -0.3 is 5.11 Å². The molecule has 0 saturated carbocycles. The summed E-state index contributed by atoms with van der Waals surface area (Å²) in [4.78, 5) is 0. The third-order valence-electron chi connectivity index (χ3n) is 1.40. The predicted molar refractivity (Wildman–Crippen MR) is 51.1 cm³/mol. The topological polar surface area (TPSA) is 74.6 Å². The largest absolute Gasteiger partial charge is 0.389 e. The molecule has 0 bridgehead atoms. The quantitative estimate of drug-likeness (QED) is 0.683. The van der Waals surface area contributed by atoms with E-state index in [9.17, 15) is 13.5 Å². The fourth-order valence-electron chi connectivity index (χ4n) is 1.59.